The van der Waals surface area contributed by atoms with Gasteiger partial charge in [-0.2, -0.15) is 13.2 Å². The van der Waals surface area contributed by atoms with Gasteiger partial charge in [0.15, 0.2) is 0 Å². The maximum absolute atomic E-state index is 12.3. The zero-order valence-electron chi connectivity index (χ0n) is 12.0. The first-order valence-electron chi connectivity index (χ1n) is 7.35. The third-order valence-electron chi connectivity index (χ3n) is 4.05. The van der Waals surface area contributed by atoms with Gasteiger partial charge in [-0.25, -0.2) is 0 Å². The van der Waals surface area contributed by atoms with E-state index in [1.165, 1.54) is 12.8 Å². The molecule has 114 valence electrons. The highest BCUT2D eigenvalue weighted by atomic mass is 32.2. The number of hydrogen-bond acceptors (Lipinski definition) is 2. The minimum atomic E-state index is -4.09. The number of nitrogens with one attached hydrogen (secondary N) is 1. The maximum Gasteiger partial charge on any atom is 0.441 e. The van der Waals surface area contributed by atoms with Gasteiger partial charge < -0.3 is 5.32 Å². The van der Waals surface area contributed by atoms with Crippen molar-refractivity contribution in [1.82, 2.24) is 5.32 Å². The molecule has 1 atom stereocenters. The summed E-state index contributed by atoms with van der Waals surface area (Å²) in [6.07, 6.45) is 7.33. The molecule has 0 heterocycles. The first kappa shape index (κ1) is 17.2. The molecular weight excluding hydrogens is 271 g/mol. The van der Waals surface area contributed by atoms with Gasteiger partial charge in [-0.05, 0) is 37.5 Å². The molecule has 0 aromatic heterocycles. The van der Waals surface area contributed by atoms with Crippen LogP contribution in [0.25, 0.3) is 0 Å². The van der Waals surface area contributed by atoms with Gasteiger partial charge in [0.1, 0.15) is 0 Å². The molecule has 1 aliphatic carbocycles. The Labute approximate surface area is 119 Å². The highest BCUT2D eigenvalue weighted by molar-refractivity contribution is 8.00. The van der Waals surface area contributed by atoms with E-state index in [9.17, 15) is 13.2 Å². The maximum atomic E-state index is 12.3. The average Bonchev–Trinajstić information content (AvgIpc) is 3.15. The molecule has 1 saturated carbocycles. The van der Waals surface area contributed by atoms with Gasteiger partial charge in [-0.3, -0.25) is 0 Å². The van der Waals surface area contributed by atoms with Gasteiger partial charge in [-0.1, -0.05) is 38.5 Å². The molecule has 0 radical (unpaired) electrons. The molecule has 5 heteroatoms. The first-order chi connectivity index (χ1) is 8.91. The van der Waals surface area contributed by atoms with E-state index in [-0.39, 0.29) is 22.9 Å². The van der Waals surface area contributed by atoms with Crippen molar-refractivity contribution >= 4 is 11.8 Å². The number of halogens is 3. The van der Waals surface area contributed by atoms with E-state index in [1.807, 2.05) is 0 Å². The van der Waals surface area contributed by atoms with Crippen LogP contribution in [0.2, 0.25) is 0 Å². The molecule has 0 aromatic carbocycles. The zero-order chi connectivity index (χ0) is 14.4. The number of unbranched alkanes of at least 4 members (excludes halogenated alkanes) is 1. The van der Waals surface area contributed by atoms with E-state index in [1.54, 1.807) is 0 Å². The van der Waals surface area contributed by atoms with Crippen molar-refractivity contribution in [3.8, 4) is 0 Å². The second-order valence-corrected chi connectivity index (χ2v) is 6.82. The van der Waals surface area contributed by atoms with Crippen LogP contribution in [0, 0.1) is 5.41 Å². The van der Waals surface area contributed by atoms with Crippen LogP contribution in [-0.4, -0.2) is 23.8 Å². The van der Waals surface area contributed by atoms with Crippen LogP contribution < -0.4 is 5.32 Å². The van der Waals surface area contributed by atoms with Crippen LogP contribution in [0.1, 0.15) is 58.8 Å². The Hall–Kier alpha value is 0.1000. The average molecular weight is 297 g/mol. The molecule has 19 heavy (non-hydrogen) atoms. The number of hydrogen-bond donors (Lipinski definition) is 1. The highest BCUT2D eigenvalue weighted by Gasteiger charge is 2.33. The Morgan fingerprint density at radius 3 is 2.32 bits per heavy atom. The summed E-state index contributed by atoms with van der Waals surface area (Å²) in [5, 5.41) is 3.51. The molecule has 0 spiro atoms. The van der Waals surface area contributed by atoms with Crippen molar-refractivity contribution in [3.05, 3.63) is 0 Å². The van der Waals surface area contributed by atoms with Crippen LogP contribution in [0.4, 0.5) is 13.2 Å². The highest BCUT2D eigenvalue weighted by Crippen LogP contribution is 2.38. The lowest BCUT2D eigenvalue weighted by molar-refractivity contribution is -0.0329. The zero-order valence-corrected chi connectivity index (χ0v) is 12.8. The normalized spacial score (nSPS) is 19.4. The summed E-state index contributed by atoms with van der Waals surface area (Å²) in [5.74, 6) is 0.188. The Balaban J connectivity index is 2.44. The Morgan fingerprint density at radius 1 is 1.16 bits per heavy atom. The van der Waals surface area contributed by atoms with Crippen LogP contribution in [0.15, 0.2) is 0 Å². The molecular formula is C14H26F3NS. The summed E-state index contributed by atoms with van der Waals surface area (Å²) in [6.45, 7) is 5.13. The largest absolute Gasteiger partial charge is 0.441 e. The minimum absolute atomic E-state index is 0.0524. The van der Waals surface area contributed by atoms with Gasteiger partial charge in [0, 0.05) is 18.3 Å². The van der Waals surface area contributed by atoms with Crippen molar-refractivity contribution in [1.29, 1.82) is 0 Å². The summed E-state index contributed by atoms with van der Waals surface area (Å²) >= 11 is 0.131. The third-order valence-corrected chi connectivity index (χ3v) is 4.79. The molecule has 1 aliphatic rings. The van der Waals surface area contributed by atoms with E-state index in [2.05, 4.69) is 19.2 Å². The fraction of sp³-hybridized carbons (Fsp3) is 1.00. The van der Waals surface area contributed by atoms with Crippen molar-refractivity contribution in [2.24, 2.45) is 5.41 Å². The second-order valence-electron chi connectivity index (χ2n) is 5.66. The number of alkyl halides is 3. The Morgan fingerprint density at radius 2 is 1.84 bits per heavy atom. The summed E-state index contributed by atoms with van der Waals surface area (Å²) in [5.41, 5.74) is -4.04. The molecule has 0 aromatic rings. The lowest BCUT2D eigenvalue weighted by atomic mass is 9.77. The van der Waals surface area contributed by atoms with Crippen LogP contribution in [0.5, 0.6) is 0 Å². The molecule has 1 fully saturated rings. The summed E-state index contributed by atoms with van der Waals surface area (Å²) in [4.78, 5) is 0. The standard InChI is InChI=1S/C14H26F3NS/c1-3-5-8-13(4-2,11-18-12-6-7-12)9-10-19-14(15,16)17/h12,18H,3-11H2,1-2H3. The first-order valence-corrected chi connectivity index (χ1v) is 8.33. The summed E-state index contributed by atoms with van der Waals surface area (Å²) < 4.78 is 36.8. The monoisotopic (exact) mass is 297 g/mol. The molecule has 0 bridgehead atoms. The van der Waals surface area contributed by atoms with Crippen molar-refractivity contribution in [2.75, 3.05) is 12.3 Å². The van der Waals surface area contributed by atoms with Crippen LogP contribution >= 0.6 is 11.8 Å². The van der Waals surface area contributed by atoms with Crippen LogP contribution in [0.3, 0.4) is 0 Å². The van der Waals surface area contributed by atoms with E-state index in [0.717, 1.165) is 32.2 Å². The van der Waals surface area contributed by atoms with Gasteiger partial charge in [-0.15, -0.1) is 0 Å². The molecule has 1 rings (SSSR count). The molecule has 0 aliphatic heterocycles. The molecule has 1 N–H and O–H groups in total. The van der Waals surface area contributed by atoms with E-state index in [0.29, 0.717) is 12.5 Å². The van der Waals surface area contributed by atoms with Crippen LogP contribution in [-0.2, 0) is 0 Å². The molecule has 1 unspecified atom stereocenters. The van der Waals surface area contributed by atoms with Gasteiger partial charge >= 0.3 is 5.51 Å². The number of rotatable bonds is 10. The fourth-order valence-electron chi connectivity index (χ4n) is 2.36. The number of thioether (sulfide) groups is 1. The van der Waals surface area contributed by atoms with Gasteiger partial charge in [0.25, 0.3) is 0 Å². The lowest BCUT2D eigenvalue weighted by Gasteiger charge is -2.33. The smallest absolute Gasteiger partial charge is 0.313 e. The van der Waals surface area contributed by atoms with Gasteiger partial charge in [0.2, 0.25) is 0 Å². The van der Waals surface area contributed by atoms with E-state index >= 15 is 0 Å². The summed E-state index contributed by atoms with van der Waals surface area (Å²) in [7, 11) is 0. The fourth-order valence-corrected chi connectivity index (χ4v) is 3.13. The van der Waals surface area contributed by atoms with E-state index in [4.69, 9.17) is 0 Å². The lowest BCUT2D eigenvalue weighted by Crippen LogP contribution is -2.36. The minimum Gasteiger partial charge on any atom is -0.313 e. The van der Waals surface area contributed by atoms with Gasteiger partial charge in [0.05, 0.1) is 0 Å². The molecule has 0 amide bonds. The Bertz CT molecular complexity index is 254. The van der Waals surface area contributed by atoms with Crippen molar-refractivity contribution in [2.45, 2.75) is 70.3 Å². The summed E-state index contributed by atoms with van der Waals surface area (Å²) in [6, 6.07) is 0.628. The quantitative estimate of drug-likeness (QED) is 0.611. The Kier molecular flexibility index (Phi) is 7.01. The third kappa shape index (κ3) is 7.45. The van der Waals surface area contributed by atoms with Crippen molar-refractivity contribution in [3.63, 3.8) is 0 Å². The molecule has 0 saturated heterocycles. The molecule has 1 nitrogen and oxygen atoms in total. The predicted octanol–water partition coefficient (Wildman–Crippen LogP) is 4.97. The predicted molar refractivity (Wildman–Crippen MR) is 76.4 cm³/mol. The van der Waals surface area contributed by atoms with E-state index < -0.39 is 5.51 Å². The second kappa shape index (κ2) is 7.77. The topological polar surface area (TPSA) is 12.0 Å². The SMILES string of the molecule is CCCCC(CC)(CCSC(F)(F)F)CNC1CC1. The van der Waals surface area contributed by atoms with Crippen molar-refractivity contribution < 1.29 is 13.2 Å².